The van der Waals surface area contributed by atoms with E-state index in [1.54, 1.807) is 6.07 Å². The summed E-state index contributed by atoms with van der Waals surface area (Å²) in [7, 11) is 0. The lowest BCUT2D eigenvalue weighted by atomic mass is 9.98. The number of aliphatic hydroxyl groups is 1. The maximum absolute atomic E-state index is 10.1. The third-order valence-corrected chi connectivity index (χ3v) is 4.27. The van der Waals surface area contributed by atoms with Gasteiger partial charge in [-0.2, -0.15) is 0 Å². The first-order valence-electron chi connectivity index (χ1n) is 6.61. The Bertz CT molecular complexity index is 630. The fourth-order valence-corrected chi connectivity index (χ4v) is 3.10. The molecule has 1 unspecified atom stereocenters. The van der Waals surface area contributed by atoms with E-state index in [-0.39, 0.29) is 6.10 Å². The van der Waals surface area contributed by atoms with Crippen LogP contribution < -0.4 is 4.90 Å². The molecule has 1 aliphatic heterocycles. The van der Waals surface area contributed by atoms with Gasteiger partial charge in [-0.1, -0.05) is 47.5 Å². The molecule has 0 radical (unpaired) electrons. The lowest BCUT2D eigenvalue weighted by Gasteiger charge is -2.34. The maximum atomic E-state index is 10.1. The van der Waals surface area contributed by atoms with Crippen molar-refractivity contribution in [1.29, 1.82) is 0 Å². The summed E-state index contributed by atoms with van der Waals surface area (Å²) >= 11 is 12.2. The van der Waals surface area contributed by atoms with E-state index in [9.17, 15) is 5.11 Å². The zero-order valence-corrected chi connectivity index (χ0v) is 12.4. The highest BCUT2D eigenvalue weighted by Crippen LogP contribution is 2.35. The summed E-state index contributed by atoms with van der Waals surface area (Å²) in [4.78, 5) is 2.25. The Morgan fingerprint density at radius 1 is 1.15 bits per heavy atom. The third-order valence-electron chi connectivity index (χ3n) is 3.69. The molecule has 0 aliphatic carbocycles. The van der Waals surface area contributed by atoms with E-state index in [0.29, 0.717) is 10.0 Å². The summed E-state index contributed by atoms with van der Waals surface area (Å²) in [5.41, 5.74) is 3.11. The molecule has 2 aromatic rings. The van der Waals surface area contributed by atoms with Gasteiger partial charge < -0.3 is 10.0 Å². The number of para-hydroxylation sites is 1. The number of halogens is 2. The van der Waals surface area contributed by atoms with Crippen molar-refractivity contribution < 1.29 is 5.11 Å². The van der Waals surface area contributed by atoms with Crippen LogP contribution in [0, 0.1) is 0 Å². The highest BCUT2D eigenvalue weighted by atomic mass is 35.5. The Kier molecular flexibility index (Phi) is 3.88. The Hall–Kier alpha value is -1.22. The maximum Gasteiger partial charge on any atom is 0.0826 e. The molecule has 2 nitrogen and oxygen atoms in total. The van der Waals surface area contributed by atoms with Crippen LogP contribution in [0.5, 0.6) is 0 Å². The predicted molar refractivity (Wildman–Crippen MR) is 83.5 cm³/mol. The second-order valence-corrected chi connectivity index (χ2v) is 5.86. The first kappa shape index (κ1) is 13.7. The van der Waals surface area contributed by atoms with Gasteiger partial charge in [-0.05, 0) is 30.2 Å². The van der Waals surface area contributed by atoms with E-state index in [4.69, 9.17) is 23.2 Å². The number of fused-ring (bicyclic) bond motifs is 1. The van der Waals surface area contributed by atoms with E-state index in [2.05, 4.69) is 4.90 Å². The number of anilines is 1. The van der Waals surface area contributed by atoms with Gasteiger partial charge in [0, 0.05) is 34.4 Å². The van der Waals surface area contributed by atoms with Gasteiger partial charge in [0.25, 0.3) is 0 Å². The molecule has 4 heteroatoms. The van der Waals surface area contributed by atoms with E-state index in [1.165, 1.54) is 0 Å². The van der Waals surface area contributed by atoms with Crippen LogP contribution >= 0.6 is 23.2 Å². The van der Waals surface area contributed by atoms with Gasteiger partial charge in [-0.15, -0.1) is 0 Å². The minimum Gasteiger partial charge on any atom is -0.388 e. The Morgan fingerprint density at radius 3 is 2.75 bits per heavy atom. The van der Waals surface area contributed by atoms with Crippen molar-refractivity contribution in [2.24, 2.45) is 0 Å². The minimum atomic E-state index is -0.372. The second-order valence-electron chi connectivity index (χ2n) is 5.02. The summed E-state index contributed by atoms with van der Waals surface area (Å²) in [5.74, 6) is 0. The van der Waals surface area contributed by atoms with Crippen molar-refractivity contribution in [3.8, 4) is 0 Å². The lowest BCUT2D eigenvalue weighted by Crippen LogP contribution is -2.30. The zero-order chi connectivity index (χ0) is 14.1. The van der Waals surface area contributed by atoms with Gasteiger partial charge in [-0.25, -0.2) is 0 Å². The van der Waals surface area contributed by atoms with Crippen molar-refractivity contribution in [3.05, 3.63) is 63.6 Å². The van der Waals surface area contributed by atoms with Crippen molar-refractivity contribution in [2.45, 2.75) is 19.1 Å². The smallest absolute Gasteiger partial charge is 0.0826 e. The Labute approximate surface area is 128 Å². The second kappa shape index (κ2) is 5.65. The molecule has 0 bridgehead atoms. The SMILES string of the molecule is OC1CCN(Cc2ccc(Cl)cc2Cl)c2ccccc21. The Balaban J connectivity index is 1.90. The standard InChI is InChI=1S/C16H15Cl2NO/c17-12-6-5-11(14(18)9-12)10-19-8-7-16(20)13-3-1-2-4-15(13)19/h1-6,9,16,20H,7-8,10H2. The molecule has 0 amide bonds. The van der Waals surface area contributed by atoms with E-state index in [0.717, 1.165) is 36.3 Å². The number of rotatable bonds is 2. The van der Waals surface area contributed by atoms with Gasteiger partial charge in [0.2, 0.25) is 0 Å². The van der Waals surface area contributed by atoms with E-state index in [1.807, 2.05) is 36.4 Å². The van der Waals surface area contributed by atoms with Crippen LogP contribution in [0.3, 0.4) is 0 Å². The van der Waals surface area contributed by atoms with Crippen LogP contribution in [0.25, 0.3) is 0 Å². The van der Waals surface area contributed by atoms with Gasteiger partial charge in [-0.3, -0.25) is 0 Å². The molecule has 0 saturated heterocycles. The van der Waals surface area contributed by atoms with Gasteiger partial charge in [0.15, 0.2) is 0 Å². The minimum absolute atomic E-state index is 0.372. The van der Waals surface area contributed by atoms with E-state index < -0.39 is 0 Å². The molecule has 1 N–H and O–H groups in total. The molecule has 1 aliphatic rings. The summed E-state index contributed by atoms with van der Waals surface area (Å²) < 4.78 is 0. The first-order chi connectivity index (χ1) is 9.65. The summed E-state index contributed by atoms with van der Waals surface area (Å²) in [6, 6.07) is 13.6. The van der Waals surface area contributed by atoms with Gasteiger partial charge >= 0.3 is 0 Å². The molecule has 1 atom stereocenters. The number of aliphatic hydroxyl groups excluding tert-OH is 1. The Morgan fingerprint density at radius 2 is 1.95 bits per heavy atom. The molecular weight excluding hydrogens is 293 g/mol. The average molecular weight is 308 g/mol. The molecule has 0 aromatic heterocycles. The number of nitrogens with zero attached hydrogens (tertiary/aromatic N) is 1. The van der Waals surface area contributed by atoms with Crippen molar-refractivity contribution in [3.63, 3.8) is 0 Å². The molecule has 0 saturated carbocycles. The summed E-state index contributed by atoms with van der Waals surface area (Å²) in [5, 5.41) is 11.4. The molecule has 20 heavy (non-hydrogen) atoms. The van der Waals surface area contributed by atoms with Crippen molar-refractivity contribution in [2.75, 3.05) is 11.4 Å². The monoisotopic (exact) mass is 307 g/mol. The van der Waals surface area contributed by atoms with E-state index >= 15 is 0 Å². The van der Waals surface area contributed by atoms with Gasteiger partial charge in [0.05, 0.1) is 6.10 Å². The zero-order valence-electron chi connectivity index (χ0n) is 10.9. The molecule has 104 valence electrons. The molecule has 2 aromatic carbocycles. The van der Waals surface area contributed by atoms with Gasteiger partial charge in [0.1, 0.15) is 0 Å². The molecule has 0 spiro atoms. The van der Waals surface area contributed by atoms with Crippen LogP contribution in [-0.4, -0.2) is 11.7 Å². The lowest BCUT2D eigenvalue weighted by molar-refractivity contribution is 0.164. The molecular formula is C16H15Cl2NO. The highest BCUT2D eigenvalue weighted by Gasteiger charge is 2.23. The first-order valence-corrected chi connectivity index (χ1v) is 7.36. The molecule has 3 rings (SSSR count). The number of benzene rings is 2. The van der Waals surface area contributed by atoms with Crippen molar-refractivity contribution >= 4 is 28.9 Å². The summed E-state index contributed by atoms with van der Waals surface area (Å²) in [6.45, 7) is 1.54. The van der Waals surface area contributed by atoms with Crippen LogP contribution in [0.2, 0.25) is 10.0 Å². The fourth-order valence-electron chi connectivity index (χ4n) is 2.63. The van der Waals surface area contributed by atoms with Crippen LogP contribution in [0.1, 0.15) is 23.7 Å². The normalized spacial score (nSPS) is 17.9. The number of hydrogen-bond acceptors (Lipinski definition) is 2. The average Bonchev–Trinajstić information content (AvgIpc) is 2.45. The quantitative estimate of drug-likeness (QED) is 0.886. The molecule has 1 heterocycles. The van der Waals surface area contributed by atoms with Crippen LogP contribution in [0.4, 0.5) is 5.69 Å². The van der Waals surface area contributed by atoms with Crippen LogP contribution in [0.15, 0.2) is 42.5 Å². The summed E-state index contributed by atoms with van der Waals surface area (Å²) in [6.07, 6.45) is 0.366. The highest BCUT2D eigenvalue weighted by molar-refractivity contribution is 6.35. The van der Waals surface area contributed by atoms with Crippen molar-refractivity contribution in [1.82, 2.24) is 0 Å². The fraction of sp³-hybridized carbons (Fsp3) is 0.250. The van der Waals surface area contributed by atoms with Crippen LogP contribution in [-0.2, 0) is 6.54 Å². The predicted octanol–water partition coefficient (Wildman–Crippen LogP) is 4.44. The third kappa shape index (κ3) is 2.64. The topological polar surface area (TPSA) is 23.5 Å². The largest absolute Gasteiger partial charge is 0.388 e. The number of hydrogen-bond donors (Lipinski definition) is 1. The molecule has 0 fully saturated rings.